The highest BCUT2D eigenvalue weighted by molar-refractivity contribution is 6.18. The average Bonchev–Trinajstić information content (AvgIpc) is 2.34. The first-order valence-corrected chi connectivity index (χ1v) is 6.42. The van der Waals surface area contributed by atoms with Crippen molar-refractivity contribution < 1.29 is 9.47 Å². The molecule has 1 aromatic rings. The molecule has 2 rings (SSSR count). The Hall–Kier alpha value is -0.640. The summed E-state index contributed by atoms with van der Waals surface area (Å²) < 4.78 is 11.7. The fourth-order valence-corrected chi connectivity index (χ4v) is 2.03. The molecule has 3 nitrogen and oxygen atoms in total. The zero-order valence-electron chi connectivity index (χ0n) is 10.7. The highest BCUT2D eigenvalue weighted by Gasteiger charge is 2.23. The molecule has 0 aromatic heterocycles. The summed E-state index contributed by atoms with van der Waals surface area (Å²) in [5.41, 5.74) is 2.24. The maximum absolute atomic E-state index is 5.96. The molecule has 1 aliphatic heterocycles. The second-order valence-corrected chi connectivity index (χ2v) is 4.68. The number of hydrogen-bond donors (Lipinski definition) is 1. The number of fused-ring (bicyclic) bond motifs is 1. The van der Waals surface area contributed by atoms with Crippen LogP contribution in [-0.2, 0) is 0 Å². The Morgan fingerprint density at radius 2 is 1.94 bits per heavy atom. The minimum Gasteiger partial charge on any atom is -0.485 e. The van der Waals surface area contributed by atoms with Gasteiger partial charge in [0.15, 0.2) is 11.5 Å². The Kier molecular flexibility index (Phi) is 6.06. The number of ether oxygens (including phenoxy) is 2. The van der Waals surface area contributed by atoms with Crippen LogP contribution in [0.5, 0.6) is 11.5 Å². The number of nitrogens with one attached hydrogen (secondary N) is 1. The van der Waals surface area contributed by atoms with Crippen LogP contribution in [0.2, 0.25) is 0 Å². The highest BCUT2D eigenvalue weighted by atomic mass is 35.5. The monoisotopic (exact) mass is 291 g/mol. The highest BCUT2D eigenvalue weighted by Crippen LogP contribution is 2.37. The molecule has 1 atom stereocenters. The van der Waals surface area contributed by atoms with Gasteiger partial charge in [0.25, 0.3) is 0 Å². The molecule has 5 heteroatoms. The Bertz CT molecular complexity index is 399. The van der Waals surface area contributed by atoms with Crippen molar-refractivity contribution >= 4 is 24.0 Å². The zero-order valence-corrected chi connectivity index (χ0v) is 12.2. The molecule has 1 N–H and O–H groups in total. The normalized spacial score (nSPS) is 17.2. The second kappa shape index (κ2) is 7.07. The van der Waals surface area contributed by atoms with Crippen LogP contribution in [0.15, 0.2) is 12.1 Å². The molecule has 18 heavy (non-hydrogen) atoms. The Labute approximate surface area is 119 Å². The largest absolute Gasteiger partial charge is 0.485 e. The molecule has 0 saturated carbocycles. The third kappa shape index (κ3) is 3.44. The Morgan fingerprint density at radius 3 is 2.61 bits per heavy atom. The van der Waals surface area contributed by atoms with E-state index in [1.54, 1.807) is 0 Å². The van der Waals surface area contributed by atoms with E-state index in [2.05, 4.69) is 17.4 Å². The Balaban J connectivity index is 0.00000162. The summed E-state index contributed by atoms with van der Waals surface area (Å²) in [6, 6.07) is 4.12. The molecule has 1 aromatic carbocycles. The SMILES string of the molecule is Cc1ccc(C)c2c1OCC(CNCCCl)O2.Cl. The van der Waals surface area contributed by atoms with E-state index < -0.39 is 0 Å². The lowest BCUT2D eigenvalue weighted by Gasteiger charge is -2.29. The van der Waals surface area contributed by atoms with Gasteiger partial charge in [-0.3, -0.25) is 0 Å². The molecule has 0 spiro atoms. The van der Waals surface area contributed by atoms with Crippen molar-refractivity contribution in [3.05, 3.63) is 23.3 Å². The van der Waals surface area contributed by atoms with E-state index in [0.717, 1.165) is 35.7 Å². The predicted molar refractivity (Wildman–Crippen MR) is 76.7 cm³/mol. The number of alkyl halides is 1. The van der Waals surface area contributed by atoms with Gasteiger partial charge in [0.1, 0.15) is 12.7 Å². The van der Waals surface area contributed by atoms with E-state index in [1.165, 1.54) is 0 Å². The van der Waals surface area contributed by atoms with Crippen molar-refractivity contribution in [2.75, 3.05) is 25.6 Å². The van der Waals surface area contributed by atoms with Gasteiger partial charge in [-0.25, -0.2) is 0 Å². The van der Waals surface area contributed by atoms with Crippen molar-refractivity contribution in [3.63, 3.8) is 0 Å². The first kappa shape index (κ1) is 15.4. The third-order valence-electron chi connectivity index (χ3n) is 2.85. The molecule has 0 fully saturated rings. The van der Waals surface area contributed by atoms with E-state index in [0.29, 0.717) is 12.5 Å². The van der Waals surface area contributed by atoms with Crippen LogP contribution in [0.4, 0.5) is 0 Å². The van der Waals surface area contributed by atoms with Crippen LogP contribution in [0.1, 0.15) is 11.1 Å². The van der Waals surface area contributed by atoms with Crippen LogP contribution >= 0.6 is 24.0 Å². The van der Waals surface area contributed by atoms with Gasteiger partial charge >= 0.3 is 0 Å². The summed E-state index contributed by atoms with van der Waals surface area (Å²) in [5.74, 6) is 2.38. The van der Waals surface area contributed by atoms with Gasteiger partial charge in [0.05, 0.1) is 0 Å². The Morgan fingerprint density at radius 1 is 1.28 bits per heavy atom. The van der Waals surface area contributed by atoms with E-state index in [9.17, 15) is 0 Å². The zero-order chi connectivity index (χ0) is 12.3. The van der Waals surface area contributed by atoms with Crippen LogP contribution in [0, 0.1) is 13.8 Å². The average molecular weight is 292 g/mol. The van der Waals surface area contributed by atoms with Crippen LogP contribution < -0.4 is 14.8 Å². The van der Waals surface area contributed by atoms with Crippen molar-refractivity contribution in [3.8, 4) is 11.5 Å². The minimum atomic E-state index is 0. The number of benzene rings is 1. The summed E-state index contributed by atoms with van der Waals surface area (Å²) in [5, 5.41) is 3.23. The molecule has 0 aliphatic carbocycles. The molecule has 0 saturated heterocycles. The quantitative estimate of drug-likeness (QED) is 0.683. The molecule has 0 radical (unpaired) electrons. The summed E-state index contributed by atoms with van der Waals surface area (Å²) in [7, 11) is 0. The number of halogens is 2. The van der Waals surface area contributed by atoms with Crippen molar-refractivity contribution in [2.24, 2.45) is 0 Å². The van der Waals surface area contributed by atoms with Crippen molar-refractivity contribution in [1.29, 1.82) is 0 Å². The van der Waals surface area contributed by atoms with Gasteiger partial charge < -0.3 is 14.8 Å². The molecule has 1 heterocycles. The number of rotatable bonds is 4. The molecule has 102 valence electrons. The first-order valence-electron chi connectivity index (χ1n) is 5.88. The minimum absolute atomic E-state index is 0. The van der Waals surface area contributed by atoms with E-state index >= 15 is 0 Å². The lowest BCUT2D eigenvalue weighted by Crippen LogP contribution is -2.39. The summed E-state index contributed by atoms with van der Waals surface area (Å²) >= 11 is 5.61. The lowest BCUT2D eigenvalue weighted by atomic mass is 10.1. The second-order valence-electron chi connectivity index (χ2n) is 4.30. The van der Waals surface area contributed by atoms with E-state index in [-0.39, 0.29) is 18.5 Å². The maximum atomic E-state index is 5.96. The molecule has 1 aliphatic rings. The molecule has 0 bridgehead atoms. The lowest BCUT2D eigenvalue weighted by molar-refractivity contribution is 0.0893. The maximum Gasteiger partial charge on any atom is 0.165 e. The van der Waals surface area contributed by atoms with E-state index in [4.69, 9.17) is 21.1 Å². The summed E-state index contributed by atoms with van der Waals surface area (Å²) in [4.78, 5) is 0. The molecule has 0 amide bonds. The first-order chi connectivity index (χ1) is 8.22. The fourth-order valence-electron chi connectivity index (χ4n) is 1.89. The number of hydrogen-bond acceptors (Lipinski definition) is 3. The van der Waals surface area contributed by atoms with Gasteiger partial charge in [0.2, 0.25) is 0 Å². The van der Waals surface area contributed by atoms with Crippen LogP contribution in [-0.4, -0.2) is 31.7 Å². The van der Waals surface area contributed by atoms with Gasteiger partial charge in [0, 0.05) is 19.0 Å². The summed E-state index contributed by atoms with van der Waals surface area (Å²) in [6.45, 7) is 6.22. The third-order valence-corrected chi connectivity index (χ3v) is 3.04. The van der Waals surface area contributed by atoms with Crippen LogP contribution in [0.25, 0.3) is 0 Å². The van der Waals surface area contributed by atoms with Crippen molar-refractivity contribution in [2.45, 2.75) is 20.0 Å². The standard InChI is InChI=1S/C13H18ClNO2.ClH/c1-9-3-4-10(2)13-12(9)16-8-11(17-13)7-15-6-5-14;/h3-4,11,15H,5-8H2,1-2H3;1H. The van der Waals surface area contributed by atoms with Gasteiger partial charge in [-0.05, 0) is 25.0 Å². The number of aryl methyl sites for hydroxylation is 2. The molecular formula is C13H19Cl2NO2. The van der Waals surface area contributed by atoms with Crippen molar-refractivity contribution in [1.82, 2.24) is 5.32 Å². The van der Waals surface area contributed by atoms with Gasteiger partial charge in [-0.15, -0.1) is 24.0 Å². The molecule has 1 unspecified atom stereocenters. The van der Waals surface area contributed by atoms with E-state index in [1.807, 2.05) is 13.8 Å². The fraction of sp³-hybridized carbons (Fsp3) is 0.538. The van der Waals surface area contributed by atoms with Crippen LogP contribution in [0.3, 0.4) is 0 Å². The summed E-state index contributed by atoms with van der Waals surface area (Å²) in [6.07, 6.45) is 0.0613. The predicted octanol–water partition coefficient (Wildman–Crippen LogP) is 2.69. The smallest absolute Gasteiger partial charge is 0.165 e. The molecular weight excluding hydrogens is 273 g/mol. The topological polar surface area (TPSA) is 30.5 Å². The van der Waals surface area contributed by atoms with Gasteiger partial charge in [-0.1, -0.05) is 12.1 Å². The van der Waals surface area contributed by atoms with Gasteiger partial charge in [-0.2, -0.15) is 0 Å².